The molecule has 0 radical (unpaired) electrons. The lowest BCUT2D eigenvalue weighted by Crippen LogP contribution is -2.30. The summed E-state index contributed by atoms with van der Waals surface area (Å²) in [7, 11) is 1.83. The fourth-order valence-corrected chi connectivity index (χ4v) is 2.98. The molecule has 3 rings (SSSR count). The minimum Gasteiger partial charge on any atom is -0.543 e. The molecule has 4 N–H and O–H groups in total. The van der Waals surface area contributed by atoms with E-state index in [0.29, 0.717) is 18.1 Å². The number of nitrogens with zero attached hydrogens (tertiary/aromatic N) is 1. The van der Waals surface area contributed by atoms with Crippen LogP contribution >= 0.6 is 15.9 Å². The van der Waals surface area contributed by atoms with Gasteiger partial charge in [0, 0.05) is 20.9 Å². The van der Waals surface area contributed by atoms with Gasteiger partial charge in [0.25, 0.3) is 0 Å². The maximum absolute atomic E-state index is 11.4. The van der Waals surface area contributed by atoms with E-state index in [9.17, 15) is 9.90 Å². The van der Waals surface area contributed by atoms with Crippen molar-refractivity contribution in [1.29, 1.82) is 0 Å². The highest BCUT2D eigenvalue weighted by Gasteiger charge is 2.31. The van der Waals surface area contributed by atoms with Crippen LogP contribution in [0.25, 0.3) is 10.9 Å². The molecule has 1 atom stereocenters. The fourth-order valence-electron chi connectivity index (χ4n) is 2.62. The molecule has 20 heavy (non-hydrogen) atoms. The Kier molecular flexibility index (Phi) is 2.93. The molecule has 2 aromatic rings. The molecule has 1 aliphatic rings. The van der Waals surface area contributed by atoms with Crippen molar-refractivity contribution < 1.29 is 14.5 Å². The first-order valence-electron chi connectivity index (χ1n) is 6.10. The van der Waals surface area contributed by atoms with Crippen LogP contribution in [-0.2, 0) is 0 Å². The molecule has 1 aromatic heterocycles. The van der Waals surface area contributed by atoms with Gasteiger partial charge >= 0.3 is 5.96 Å². The van der Waals surface area contributed by atoms with Gasteiger partial charge in [-0.25, -0.2) is 0 Å². The number of carbonyl (C=O) groups excluding carboxylic acids is 1. The molecule has 0 fully saturated rings. The summed E-state index contributed by atoms with van der Waals surface area (Å²) >= 11 is 3.41. The Labute approximate surface area is 123 Å². The summed E-state index contributed by atoms with van der Waals surface area (Å²) in [5.41, 5.74) is 7.38. The summed E-state index contributed by atoms with van der Waals surface area (Å²) in [6.07, 6.45) is 0. The van der Waals surface area contributed by atoms with Gasteiger partial charge in [0.2, 0.25) is 0 Å². The Balaban J connectivity index is 2.29. The first-order valence-corrected chi connectivity index (χ1v) is 6.90. The van der Waals surface area contributed by atoms with Gasteiger partial charge < -0.3 is 14.9 Å². The summed E-state index contributed by atoms with van der Waals surface area (Å²) in [5, 5.41) is 15.3. The maximum atomic E-state index is 11.4. The lowest BCUT2D eigenvalue weighted by atomic mass is 10.0. The van der Waals surface area contributed by atoms with Gasteiger partial charge in [-0.05, 0) is 18.2 Å². The van der Waals surface area contributed by atoms with Crippen LogP contribution in [0, 0.1) is 0 Å². The summed E-state index contributed by atoms with van der Waals surface area (Å²) in [6, 6.07) is 5.45. The van der Waals surface area contributed by atoms with Gasteiger partial charge in [-0.3, -0.25) is 15.6 Å². The predicted molar refractivity (Wildman–Crippen MR) is 76.5 cm³/mol. The molecular formula is C13H13BrN4O2. The van der Waals surface area contributed by atoms with E-state index in [1.165, 1.54) is 0 Å². The number of halogens is 1. The molecule has 0 bridgehead atoms. The molecule has 6 nitrogen and oxygen atoms in total. The van der Waals surface area contributed by atoms with Crippen molar-refractivity contribution in [2.24, 2.45) is 5.73 Å². The third-order valence-electron chi connectivity index (χ3n) is 3.66. The molecule has 0 saturated heterocycles. The van der Waals surface area contributed by atoms with Gasteiger partial charge in [-0.2, -0.15) is 0 Å². The third kappa shape index (κ3) is 1.85. The number of aromatic carboxylic acids is 1. The lowest BCUT2D eigenvalue weighted by Gasteiger charge is -2.12. The van der Waals surface area contributed by atoms with Crippen LogP contribution in [0.5, 0.6) is 0 Å². The number of carboxylic acids is 1. The number of benzene rings is 1. The Morgan fingerprint density at radius 1 is 1.55 bits per heavy atom. The van der Waals surface area contributed by atoms with Crippen LogP contribution in [0.4, 0.5) is 0 Å². The van der Waals surface area contributed by atoms with Gasteiger partial charge in [-0.15, -0.1) is 0 Å². The lowest BCUT2D eigenvalue weighted by molar-refractivity contribution is -0.533. The van der Waals surface area contributed by atoms with E-state index in [1.54, 1.807) is 0 Å². The smallest absolute Gasteiger partial charge is 0.343 e. The summed E-state index contributed by atoms with van der Waals surface area (Å²) < 4.78 is 2.72. The molecule has 0 amide bonds. The summed E-state index contributed by atoms with van der Waals surface area (Å²) in [4.78, 5) is 14.3. The van der Waals surface area contributed by atoms with Crippen molar-refractivity contribution in [2.45, 2.75) is 6.04 Å². The predicted octanol–water partition coefficient (Wildman–Crippen LogP) is -0.105. The number of nitrogens with two attached hydrogens (primary N) is 1. The average Bonchev–Trinajstić information content (AvgIpc) is 2.91. The topological polar surface area (TPSA) is 97.0 Å². The van der Waals surface area contributed by atoms with Crippen LogP contribution < -0.4 is 16.2 Å². The number of H-pyrrole nitrogens is 1. The molecule has 1 unspecified atom stereocenters. The first-order chi connectivity index (χ1) is 9.49. The Hall–Kier alpha value is -2.02. The number of likely N-dealkylation sites (N-methyl/N-ethyl adjacent to an activating group) is 1. The minimum atomic E-state index is -1.22. The number of hydrogen-bond donors (Lipinski definition) is 3. The minimum absolute atomic E-state index is 0.103. The largest absolute Gasteiger partial charge is 0.543 e. The van der Waals surface area contributed by atoms with E-state index in [1.807, 2.05) is 29.8 Å². The Bertz CT molecular complexity index is 750. The normalized spacial score (nSPS) is 18.6. The number of carbonyl (C=O) groups is 1. The van der Waals surface area contributed by atoms with E-state index in [2.05, 4.69) is 26.2 Å². The number of carboxylic acid groups (broad SMARTS) is 1. The number of aromatic amines is 1. The molecular weight excluding hydrogens is 324 g/mol. The molecule has 0 spiro atoms. The quantitative estimate of drug-likeness (QED) is 0.667. The third-order valence-corrected chi connectivity index (χ3v) is 4.16. The standard InChI is InChI=1S/C13H13BrN4O2/c1-18-9(5-16-13(18)15)10-7-4-6(14)2-3-8(7)17-11(10)12(19)20/h2-4,9,17H,5H2,1H3,(H3,15,16,19,20). The monoisotopic (exact) mass is 336 g/mol. The molecule has 0 aliphatic carbocycles. The van der Waals surface area contributed by atoms with Crippen LogP contribution in [0.1, 0.15) is 22.1 Å². The zero-order chi connectivity index (χ0) is 14.4. The van der Waals surface area contributed by atoms with Crippen molar-refractivity contribution >= 4 is 38.8 Å². The van der Waals surface area contributed by atoms with Crippen molar-refractivity contribution in [3.63, 3.8) is 0 Å². The number of rotatable bonds is 2. The van der Waals surface area contributed by atoms with Gasteiger partial charge in [0.05, 0.1) is 18.7 Å². The van der Waals surface area contributed by atoms with E-state index in [-0.39, 0.29) is 11.7 Å². The van der Waals surface area contributed by atoms with Crippen molar-refractivity contribution in [2.75, 3.05) is 13.6 Å². The second-order valence-corrected chi connectivity index (χ2v) is 5.70. The second-order valence-electron chi connectivity index (χ2n) is 4.78. The van der Waals surface area contributed by atoms with Gasteiger partial charge in [-0.1, -0.05) is 15.9 Å². The fraction of sp³-hybridized carbons (Fsp3) is 0.231. The zero-order valence-corrected chi connectivity index (χ0v) is 12.3. The van der Waals surface area contributed by atoms with E-state index in [0.717, 1.165) is 15.4 Å². The maximum Gasteiger partial charge on any atom is 0.343 e. The average molecular weight is 337 g/mol. The number of nitrogens with one attached hydrogen (secondary N) is 2. The highest BCUT2D eigenvalue weighted by atomic mass is 79.9. The Morgan fingerprint density at radius 3 is 2.90 bits per heavy atom. The molecule has 1 aliphatic heterocycles. The van der Waals surface area contributed by atoms with Gasteiger partial charge in [0.1, 0.15) is 12.6 Å². The van der Waals surface area contributed by atoms with Crippen molar-refractivity contribution in [3.05, 3.63) is 33.9 Å². The number of aromatic nitrogens is 1. The molecule has 104 valence electrons. The number of guanidine groups is 1. The molecule has 7 heteroatoms. The number of fused-ring (bicyclic) bond motifs is 1. The first kappa shape index (κ1) is 13.0. The van der Waals surface area contributed by atoms with Crippen LogP contribution in [0.15, 0.2) is 22.7 Å². The molecule has 0 saturated carbocycles. The highest BCUT2D eigenvalue weighted by molar-refractivity contribution is 9.10. The molecule has 1 aromatic carbocycles. The van der Waals surface area contributed by atoms with Crippen molar-refractivity contribution in [3.8, 4) is 0 Å². The Morgan fingerprint density at radius 2 is 2.30 bits per heavy atom. The second kappa shape index (κ2) is 4.52. The van der Waals surface area contributed by atoms with Crippen molar-refractivity contribution in [1.82, 2.24) is 10.3 Å². The zero-order valence-electron chi connectivity index (χ0n) is 10.7. The van der Waals surface area contributed by atoms with Gasteiger partial charge in [0.15, 0.2) is 0 Å². The number of hydrogen-bond acceptors (Lipinski definition) is 4. The summed E-state index contributed by atoms with van der Waals surface area (Å²) in [6.45, 7) is 0.558. The van der Waals surface area contributed by atoms with E-state index >= 15 is 0 Å². The summed E-state index contributed by atoms with van der Waals surface area (Å²) in [5.74, 6) is -0.685. The van der Waals surface area contributed by atoms with Crippen LogP contribution in [0.2, 0.25) is 0 Å². The van der Waals surface area contributed by atoms with E-state index in [4.69, 9.17) is 5.73 Å². The van der Waals surface area contributed by atoms with Crippen LogP contribution in [-0.4, -0.2) is 35.1 Å². The molecule has 2 heterocycles. The van der Waals surface area contributed by atoms with Crippen LogP contribution in [0.3, 0.4) is 0 Å². The SMILES string of the molecule is C[N+]1=C(N)NCC1c1c(C(=O)[O-])[nH]c2ccc(Br)cc12. The van der Waals surface area contributed by atoms with E-state index < -0.39 is 5.97 Å². The highest BCUT2D eigenvalue weighted by Crippen LogP contribution is 2.32.